The molecule has 0 bridgehead atoms. The maximum Gasteiger partial charge on any atom is 0.108 e. The molecule has 1 N–H and O–H groups in total. The van der Waals surface area contributed by atoms with Crippen LogP contribution in [0.15, 0.2) is 80.0 Å². The molecule has 2 aromatic rings. The molecular weight excluding hydrogens is 385 g/mol. The Morgan fingerprint density at radius 3 is 2.19 bits per heavy atom. The van der Waals surface area contributed by atoms with E-state index in [2.05, 4.69) is 71.3 Å². The minimum Gasteiger partial charge on any atom is -0.361 e. The predicted octanol–water partition coefficient (Wildman–Crippen LogP) is 5.81. The molecule has 1 saturated carbocycles. The quantitative estimate of drug-likeness (QED) is 0.643. The van der Waals surface area contributed by atoms with E-state index in [1.165, 1.54) is 11.1 Å². The first-order valence-electron chi connectivity index (χ1n) is 11.1. The van der Waals surface area contributed by atoms with Gasteiger partial charge in [0.15, 0.2) is 0 Å². The lowest BCUT2D eigenvalue weighted by Crippen LogP contribution is -2.46. The van der Waals surface area contributed by atoms with Crippen molar-refractivity contribution in [1.29, 1.82) is 0 Å². The molecule has 1 spiro atoms. The van der Waals surface area contributed by atoms with Gasteiger partial charge in [0, 0.05) is 24.6 Å². The fourth-order valence-corrected chi connectivity index (χ4v) is 4.67. The van der Waals surface area contributed by atoms with E-state index in [-0.39, 0.29) is 5.54 Å². The Kier molecular flexibility index (Phi) is 5.74. The highest BCUT2D eigenvalue weighted by atomic mass is 19.1. The first-order valence-corrected chi connectivity index (χ1v) is 11.1. The number of hydrogen-bond donors (Lipinski definition) is 1. The highest BCUT2D eigenvalue weighted by Gasteiger charge is 2.48. The number of hydrogen-bond acceptors (Lipinski definition) is 3. The van der Waals surface area contributed by atoms with E-state index in [4.69, 9.17) is 0 Å². The summed E-state index contributed by atoms with van der Waals surface area (Å²) in [5, 5.41) is 3.52. The number of rotatable bonds is 6. The molecule has 1 saturated heterocycles. The third-order valence-electron chi connectivity index (χ3n) is 6.90. The Balaban J connectivity index is 1.37. The molecule has 4 heteroatoms. The number of benzene rings is 1. The second-order valence-electron chi connectivity index (χ2n) is 9.26. The summed E-state index contributed by atoms with van der Waals surface area (Å²) in [6, 6.07) is 12.8. The number of aryl methyl sites for hydroxylation is 2. The molecule has 1 aliphatic carbocycles. The highest BCUT2D eigenvalue weighted by Crippen LogP contribution is 2.45. The third kappa shape index (κ3) is 4.58. The van der Waals surface area contributed by atoms with E-state index in [1.807, 2.05) is 12.4 Å². The zero-order valence-corrected chi connectivity index (χ0v) is 18.5. The molecule has 162 valence electrons. The molecule has 1 aliphatic heterocycles. The van der Waals surface area contributed by atoms with E-state index < -0.39 is 5.67 Å². The van der Waals surface area contributed by atoms with Crippen LogP contribution in [0.1, 0.15) is 49.3 Å². The molecular formula is C27H32FN3. The third-order valence-corrected chi connectivity index (χ3v) is 6.90. The highest BCUT2D eigenvalue weighted by molar-refractivity contribution is 5.65. The van der Waals surface area contributed by atoms with E-state index in [9.17, 15) is 4.39 Å². The van der Waals surface area contributed by atoms with Crippen molar-refractivity contribution in [2.45, 2.75) is 56.7 Å². The lowest BCUT2D eigenvalue weighted by molar-refractivity contribution is 0.0947. The van der Waals surface area contributed by atoms with Crippen LogP contribution in [0, 0.1) is 0 Å². The fourth-order valence-electron chi connectivity index (χ4n) is 4.67. The van der Waals surface area contributed by atoms with Gasteiger partial charge in [0.2, 0.25) is 0 Å². The van der Waals surface area contributed by atoms with Crippen molar-refractivity contribution in [2.24, 2.45) is 0 Å². The van der Waals surface area contributed by atoms with Crippen molar-refractivity contribution in [1.82, 2.24) is 15.2 Å². The smallest absolute Gasteiger partial charge is 0.108 e. The van der Waals surface area contributed by atoms with Crippen LogP contribution in [0.25, 0.3) is 5.57 Å². The summed E-state index contributed by atoms with van der Waals surface area (Å²) in [5.41, 5.74) is 4.39. The summed E-state index contributed by atoms with van der Waals surface area (Å²) >= 11 is 0. The van der Waals surface area contributed by atoms with Crippen LogP contribution in [-0.4, -0.2) is 27.6 Å². The van der Waals surface area contributed by atoms with Crippen molar-refractivity contribution < 1.29 is 4.39 Å². The Hall–Kier alpha value is -2.88. The summed E-state index contributed by atoms with van der Waals surface area (Å²) < 4.78 is 14.3. The van der Waals surface area contributed by atoms with Gasteiger partial charge in [-0.15, -0.1) is 0 Å². The predicted molar refractivity (Wildman–Crippen MR) is 126 cm³/mol. The first kappa shape index (κ1) is 21.4. The van der Waals surface area contributed by atoms with Gasteiger partial charge in [-0.3, -0.25) is 4.98 Å². The molecule has 0 unspecified atom stereocenters. The molecule has 0 atom stereocenters. The summed E-state index contributed by atoms with van der Waals surface area (Å²) in [6.45, 7) is 15.2. The van der Waals surface area contributed by atoms with Crippen LogP contribution in [-0.2, 0) is 12.8 Å². The lowest BCUT2D eigenvalue weighted by Gasteiger charge is -2.39. The molecule has 31 heavy (non-hydrogen) atoms. The molecule has 1 aromatic heterocycles. The monoisotopic (exact) mass is 417 g/mol. The van der Waals surface area contributed by atoms with Crippen molar-refractivity contribution in [2.75, 3.05) is 6.54 Å². The summed E-state index contributed by atoms with van der Waals surface area (Å²) in [5.74, 6) is 0.836. The van der Waals surface area contributed by atoms with E-state index >= 15 is 0 Å². The van der Waals surface area contributed by atoms with Gasteiger partial charge < -0.3 is 10.2 Å². The summed E-state index contributed by atoms with van der Waals surface area (Å²) in [6.07, 6.45) is 8.25. The Bertz CT molecular complexity index is 965. The Labute approximate surface area is 185 Å². The zero-order valence-electron chi connectivity index (χ0n) is 18.5. The Morgan fingerprint density at radius 1 is 1.00 bits per heavy atom. The van der Waals surface area contributed by atoms with Crippen LogP contribution in [0.2, 0.25) is 0 Å². The lowest BCUT2D eigenvalue weighted by atomic mass is 9.74. The van der Waals surface area contributed by atoms with Crippen LogP contribution >= 0.6 is 0 Å². The number of aromatic nitrogens is 1. The van der Waals surface area contributed by atoms with Gasteiger partial charge >= 0.3 is 0 Å². The van der Waals surface area contributed by atoms with Gasteiger partial charge in [-0.2, -0.15) is 0 Å². The minimum atomic E-state index is -1.08. The van der Waals surface area contributed by atoms with Crippen LogP contribution in [0.4, 0.5) is 4.39 Å². The van der Waals surface area contributed by atoms with Crippen LogP contribution < -0.4 is 5.32 Å². The zero-order chi connectivity index (χ0) is 22.1. The summed E-state index contributed by atoms with van der Waals surface area (Å²) in [4.78, 5) is 6.18. The second kappa shape index (κ2) is 8.33. The largest absolute Gasteiger partial charge is 0.361 e. The number of alkyl halides is 1. The number of nitrogens with one attached hydrogen (secondary N) is 1. The molecule has 1 aromatic carbocycles. The maximum absolute atomic E-state index is 14.3. The van der Waals surface area contributed by atoms with Crippen molar-refractivity contribution in [3.63, 3.8) is 0 Å². The average molecular weight is 418 g/mol. The van der Waals surface area contributed by atoms with Crippen molar-refractivity contribution in [3.8, 4) is 0 Å². The van der Waals surface area contributed by atoms with Gasteiger partial charge in [0.25, 0.3) is 0 Å². The maximum atomic E-state index is 14.3. The van der Waals surface area contributed by atoms with E-state index in [0.29, 0.717) is 19.4 Å². The van der Waals surface area contributed by atoms with Crippen LogP contribution in [0.3, 0.4) is 0 Å². The first-order chi connectivity index (χ1) is 14.8. The summed E-state index contributed by atoms with van der Waals surface area (Å²) in [7, 11) is 0. The molecule has 2 fully saturated rings. The SMILES string of the molecule is C=C(CN1C(=C)NC2(CCC(C)(F)CC2)C1=C)c1ccc(CCc2ccncc2)cc1. The van der Waals surface area contributed by atoms with Gasteiger partial charge in [0.05, 0.1) is 11.4 Å². The second-order valence-corrected chi connectivity index (χ2v) is 9.26. The van der Waals surface area contributed by atoms with Gasteiger partial charge in [-0.1, -0.05) is 44.0 Å². The number of pyridine rings is 1. The van der Waals surface area contributed by atoms with Gasteiger partial charge in [-0.25, -0.2) is 4.39 Å². The minimum absolute atomic E-state index is 0.264. The van der Waals surface area contributed by atoms with Gasteiger partial charge in [-0.05, 0) is 79.8 Å². The van der Waals surface area contributed by atoms with Gasteiger partial charge in [0.1, 0.15) is 5.67 Å². The number of nitrogens with zero attached hydrogens (tertiary/aromatic N) is 2. The Morgan fingerprint density at radius 2 is 1.58 bits per heavy atom. The molecule has 0 amide bonds. The molecule has 2 heterocycles. The van der Waals surface area contributed by atoms with Crippen molar-refractivity contribution >= 4 is 5.57 Å². The molecule has 0 radical (unpaired) electrons. The molecule has 3 nitrogen and oxygen atoms in total. The van der Waals surface area contributed by atoms with Crippen LogP contribution in [0.5, 0.6) is 0 Å². The molecule has 2 aliphatic rings. The van der Waals surface area contributed by atoms with E-state index in [1.54, 1.807) is 6.92 Å². The van der Waals surface area contributed by atoms with Crippen molar-refractivity contribution in [3.05, 3.63) is 96.7 Å². The standard InChI is InChI=1S/C27H32FN3/c1-20(25-9-7-23(8-10-25)5-6-24-11-17-29-18-12-24)19-31-21(2)27(30-22(31)3)15-13-26(4,28)14-16-27/h7-12,17-18,30H,1-3,5-6,13-16,19H2,4H3. The van der Waals surface area contributed by atoms with E-state index in [0.717, 1.165) is 48.3 Å². The fraction of sp³-hybridized carbons (Fsp3) is 0.370. The normalized spacial score (nSPS) is 25.7. The topological polar surface area (TPSA) is 28.2 Å². The average Bonchev–Trinajstić information content (AvgIpc) is 3.00. The molecule has 4 rings (SSSR count). The number of halogens is 1.